The molecule has 0 aromatic heterocycles. The minimum atomic E-state index is -4.73. The Balaban J connectivity index is 1.77. The fourth-order valence-corrected chi connectivity index (χ4v) is 6.09. The summed E-state index contributed by atoms with van der Waals surface area (Å²) in [4.78, 5) is 15.0. The zero-order chi connectivity index (χ0) is 31.4. The number of rotatable bonds is 11. The summed E-state index contributed by atoms with van der Waals surface area (Å²) in [5, 5.41) is 22.5. The monoisotopic (exact) mass is 612 g/mol. The van der Waals surface area contributed by atoms with E-state index >= 15 is 4.39 Å². The second-order valence-corrected chi connectivity index (χ2v) is 11.3. The Morgan fingerprint density at radius 1 is 1.19 bits per heavy atom. The van der Waals surface area contributed by atoms with E-state index in [1.54, 1.807) is 18.9 Å². The second kappa shape index (κ2) is 13.9. The van der Waals surface area contributed by atoms with Crippen molar-refractivity contribution in [2.75, 3.05) is 40.0 Å². The first-order chi connectivity index (χ1) is 20.4. The first-order valence-corrected chi connectivity index (χ1v) is 14.6. The number of nitrogens with two attached hydrogens (primary N) is 1. The van der Waals surface area contributed by atoms with Crippen LogP contribution in [-0.4, -0.2) is 79.3 Å². The van der Waals surface area contributed by atoms with Crippen LogP contribution in [0.2, 0.25) is 0 Å². The molecule has 1 unspecified atom stereocenters. The predicted octanol–water partition coefficient (Wildman–Crippen LogP) is 4.24. The van der Waals surface area contributed by atoms with Gasteiger partial charge >= 0.3 is 6.18 Å². The quantitative estimate of drug-likeness (QED) is 0.257. The molecule has 4 N–H and O–H groups in total. The number of halogens is 4. The van der Waals surface area contributed by atoms with Crippen molar-refractivity contribution in [2.24, 2.45) is 11.7 Å². The van der Waals surface area contributed by atoms with Gasteiger partial charge < -0.3 is 35.1 Å². The van der Waals surface area contributed by atoms with Gasteiger partial charge in [-0.25, -0.2) is 4.39 Å². The lowest BCUT2D eigenvalue weighted by molar-refractivity contribution is -0.167. The molecule has 43 heavy (non-hydrogen) atoms. The van der Waals surface area contributed by atoms with E-state index in [1.165, 1.54) is 18.2 Å². The van der Waals surface area contributed by atoms with Crippen molar-refractivity contribution < 1.29 is 46.8 Å². The lowest BCUT2D eigenvalue weighted by Crippen LogP contribution is -2.55. The fourth-order valence-electron chi connectivity index (χ4n) is 6.09. The Hall–Kier alpha value is -2.77. The van der Waals surface area contributed by atoms with E-state index in [2.05, 4.69) is 0 Å². The summed E-state index contributed by atoms with van der Waals surface area (Å²) in [5.74, 6) is -1.62. The summed E-state index contributed by atoms with van der Waals surface area (Å²) in [5.41, 5.74) is 2.74. The highest BCUT2D eigenvalue weighted by Gasteiger charge is 2.46. The van der Waals surface area contributed by atoms with E-state index in [0.717, 1.165) is 18.2 Å². The fraction of sp³-hybridized carbons (Fsp3) is 0.581. The van der Waals surface area contributed by atoms with Crippen LogP contribution in [0.3, 0.4) is 0 Å². The number of methoxy groups -OCH3 is 1. The van der Waals surface area contributed by atoms with Gasteiger partial charge in [-0.3, -0.25) is 4.79 Å². The minimum Gasteiger partial charge on any atom is -0.494 e. The summed E-state index contributed by atoms with van der Waals surface area (Å²) < 4.78 is 73.9. The van der Waals surface area contributed by atoms with Crippen LogP contribution in [0.1, 0.15) is 50.2 Å². The van der Waals surface area contributed by atoms with E-state index < -0.39 is 47.3 Å². The van der Waals surface area contributed by atoms with Crippen molar-refractivity contribution in [2.45, 2.75) is 69.1 Å². The van der Waals surface area contributed by atoms with Gasteiger partial charge in [-0.15, -0.1) is 0 Å². The Kier molecular flexibility index (Phi) is 10.7. The number of morpholine rings is 1. The van der Waals surface area contributed by atoms with Crippen LogP contribution in [0.4, 0.5) is 17.6 Å². The molecular formula is C31H40F4N2O6. The van der Waals surface area contributed by atoms with Gasteiger partial charge in [0, 0.05) is 37.8 Å². The van der Waals surface area contributed by atoms with Crippen LogP contribution >= 0.6 is 0 Å². The van der Waals surface area contributed by atoms with Gasteiger partial charge in [-0.2, -0.15) is 13.2 Å². The molecule has 1 saturated heterocycles. The highest BCUT2D eigenvalue weighted by molar-refractivity contribution is 5.79. The van der Waals surface area contributed by atoms with Crippen molar-refractivity contribution in [3.8, 4) is 16.9 Å². The number of hydrogen-bond acceptors (Lipinski definition) is 7. The van der Waals surface area contributed by atoms with Gasteiger partial charge in [0.25, 0.3) is 0 Å². The van der Waals surface area contributed by atoms with Crippen molar-refractivity contribution >= 4 is 5.91 Å². The van der Waals surface area contributed by atoms with E-state index in [-0.39, 0.29) is 67.5 Å². The number of amides is 1. The van der Waals surface area contributed by atoms with Crippen LogP contribution in [0.25, 0.3) is 11.1 Å². The topological polar surface area (TPSA) is 114 Å². The first-order valence-electron chi connectivity index (χ1n) is 14.6. The largest absolute Gasteiger partial charge is 0.494 e. The number of ether oxygens (including phenoxy) is 3. The van der Waals surface area contributed by atoms with Gasteiger partial charge in [0.05, 0.1) is 31.4 Å². The third-order valence-electron chi connectivity index (χ3n) is 8.31. The molecular weight excluding hydrogens is 572 g/mol. The maximum absolute atomic E-state index is 15.7. The molecule has 1 aliphatic heterocycles. The molecule has 2 aromatic rings. The first kappa shape index (κ1) is 33.1. The number of benzene rings is 2. The summed E-state index contributed by atoms with van der Waals surface area (Å²) in [6.07, 6.45) is -4.95. The standard InChI is InChI=1S/C31H40F4N2O6/c1-3-42-22-14-19(13-21(17-22)31(33,34)35)28-23(7-6-8-24(28)32)30(40,9-4-5-11-41-2)27-18-37(10-12-43-27)29(39)20-15-25(36)26(38)16-20/h6-8,13-14,17,20,25-27,38,40H,3-5,9-12,15-16,18,36H2,1-2H3/t20-,25+,26-,27?,30+/m0/s1. The van der Waals surface area contributed by atoms with Gasteiger partial charge in [0.1, 0.15) is 23.3 Å². The molecule has 0 bridgehead atoms. The molecule has 0 spiro atoms. The summed E-state index contributed by atoms with van der Waals surface area (Å²) >= 11 is 0. The number of carbonyl (C=O) groups excluding carboxylic acids is 1. The van der Waals surface area contributed by atoms with E-state index in [0.29, 0.717) is 25.9 Å². The molecule has 2 aliphatic rings. The Labute approximate surface area is 248 Å². The number of hydrogen-bond donors (Lipinski definition) is 3. The predicted molar refractivity (Wildman–Crippen MR) is 151 cm³/mol. The molecule has 1 aliphatic carbocycles. The van der Waals surface area contributed by atoms with Crippen LogP contribution < -0.4 is 10.5 Å². The number of alkyl halides is 3. The molecule has 2 fully saturated rings. The maximum atomic E-state index is 15.7. The molecule has 4 rings (SSSR count). The van der Waals surface area contributed by atoms with Crippen molar-refractivity contribution in [1.29, 1.82) is 0 Å². The average Bonchev–Trinajstić information content (AvgIpc) is 3.32. The minimum absolute atomic E-state index is 0.0375. The SMILES string of the molecule is CCOc1cc(-c2c(F)cccc2[C@](O)(CCCCOC)C2CN(C(=O)[C@H]3C[C@@H](N)[C@@H](O)C3)CCO2)cc(C(F)(F)F)c1. The molecule has 1 heterocycles. The summed E-state index contributed by atoms with van der Waals surface area (Å²) in [6, 6.07) is 6.48. The van der Waals surface area contributed by atoms with Gasteiger partial charge in [0.2, 0.25) is 5.91 Å². The Morgan fingerprint density at radius 2 is 1.95 bits per heavy atom. The number of aliphatic hydroxyl groups excluding tert-OH is 1. The van der Waals surface area contributed by atoms with Crippen LogP contribution in [0.5, 0.6) is 5.75 Å². The van der Waals surface area contributed by atoms with Crippen LogP contribution in [0, 0.1) is 11.7 Å². The molecule has 8 nitrogen and oxygen atoms in total. The Morgan fingerprint density at radius 3 is 2.60 bits per heavy atom. The smallest absolute Gasteiger partial charge is 0.416 e. The number of aliphatic hydroxyl groups is 2. The number of unbranched alkanes of at least 4 members (excludes halogenated alkanes) is 1. The van der Waals surface area contributed by atoms with Gasteiger partial charge in [0.15, 0.2) is 0 Å². The van der Waals surface area contributed by atoms with Crippen LogP contribution in [0.15, 0.2) is 36.4 Å². The molecule has 5 atom stereocenters. The van der Waals surface area contributed by atoms with Crippen molar-refractivity contribution in [3.05, 3.63) is 53.3 Å². The molecule has 238 valence electrons. The Bertz CT molecular complexity index is 1250. The average molecular weight is 613 g/mol. The van der Waals surface area contributed by atoms with Crippen LogP contribution in [-0.2, 0) is 26.0 Å². The summed E-state index contributed by atoms with van der Waals surface area (Å²) in [6.45, 7) is 2.42. The lowest BCUT2D eigenvalue weighted by Gasteiger charge is -2.43. The van der Waals surface area contributed by atoms with Crippen molar-refractivity contribution in [3.63, 3.8) is 0 Å². The number of nitrogens with zero attached hydrogens (tertiary/aromatic N) is 1. The highest BCUT2D eigenvalue weighted by atomic mass is 19.4. The normalized spacial score (nSPS) is 24.2. The van der Waals surface area contributed by atoms with Gasteiger partial charge in [-0.1, -0.05) is 12.1 Å². The maximum Gasteiger partial charge on any atom is 0.416 e. The summed E-state index contributed by atoms with van der Waals surface area (Å²) in [7, 11) is 1.54. The van der Waals surface area contributed by atoms with E-state index in [4.69, 9.17) is 19.9 Å². The zero-order valence-electron chi connectivity index (χ0n) is 24.4. The molecule has 2 aromatic carbocycles. The molecule has 1 amide bonds. The van der Waals surface area contributed by atoms with Gasteiger partial charge in [-0.05, 0) is 74.4 Å². The third-order valence-corrected chi connectivity index (χ3v) is 8.31. The second-order valence-electron chi connectivity index (χ2n) is 11.3. The number of carbonyl (C=O) groups is 1. The van der Waals surface area contributed by atoms with Crippen molar-refractivity contribution in [1.82, 2.24) is 4.90 Å². The molecule has 12 heteroatoms. The zero-order valence-corrected chi connectivity index (χ0v) is 24.4. The molecule has 1 saturated carbocycles. The lowest BCUT2D eigenvalue weighted by atomic mass is 9.78. The van der Waals surface area contributed by atoms with E-state index in [1.807, 2.05) is 0 Å². The third kappa shape index (κ3) is 7.49. The highest BCUT2D eigenvalue weighted by Crippen LogP contribution is 2.44. The van der Waals surface area contributed by atoms with E-state index in [9.17, 15) is 28.2 Å². The molecule has 0 radical (unpaired) electrons.